The summed E-state index contributed by atoms with van der Waals surface area (Å²) in [5.74, 6) is -0.526. The zero-order valence-electron chi connectivity index (χ0n) is 14.5. The van der Waals surface area contributed by atoms with Crippen LogP contribution in [0.4, 0.5) is 15.8 Å². The lowest BCUT2D eigenvalue weighted by molar-refractivity contribution is -0.141. The first kappa shape index (κ1) is 17.9. The van der Waals surface area contributed by atoms with E-state index in [9.17, 15) is 14.0 Å². The first-order chi connectivity index (χ1) is 12.5. The number of nitrogens with one attached hydrogen (secondary N) is 2. The molecule has 0 radical (unpaired) electrons. The van der Waals surface area contributed by atoms with Gasteiger partial charge in [0.25, 0.3) is 0 Å². The van der Waals surface area contributed by atoms with E-state index in [1.807, 2.05) is 0 Å². The molecule has 2 N–H and O–H groups in total. The number of rotatable bonds is 7. The highest BCUT2D eigenvalue weighted by Gasteiger charge is 2.29. The van der Waals surface area contributed by atoms with Gasteiger partial charge in [-0.25, -0.2) is 9.18 Å². The molecule has 1 fully saturated rings. The third-order valence-electron chi connectivity index (χ3n) is 4.28. The van der Waals surface area contributed by atoms with Gasteiger partial charge in [0.1, 0.15) is 11.9 Å². The number of halogens is 1. The molecule has 2 aromatic rings. The largest absolute Gasteiger partial charge is 0.467 e. The normalized spacial score (nSPS) is 14.4. The van der Waals surface area contributed by atoms with Crippen molar-refractivity contribution in [2.45, 2.75) is 25.3 Å². The maximum Gasteiger partial charge on any atom is 0.328 e. The molecule has 1 atom stereocenters. The van der Waals surface area contributed by atoms with Crippen molar-refractivity contribution in [1.82, 2.24) is 0 Å². The smallest absolute Gasteiger partial charge is 0.328 e. The van der Waals surface area contributed by atoms with Crippen molar-refractivity contribution in [3.63, 3.8) is 0 Å². The lowest BCUT2D eigenvalue weighted by atomic mass is 10.1. The topological polar surface area (TPSA) is 67.4 Å². The van der Waals surface area contributed by atoms with Crippen LogP contribution in [-0.4, -0.2) is 25.0 Å². The second kappa shape index (κ2) is 7.99. The molecule has 5 nitrogen and oxygen atoms in total. The van der Waals surface area contributed by atoms with Crippen LogP contribution in [0, 0.1) is 11.7 Å². The maximum absolute atomic E-state index is 13.0. The summed E-state index contributed by atoms with van der Waals surface area (Å²) in [5, 5.41) is 6.00. The fourth-order valence-corrected chi connectivity index (χ4v) is 2.63. The van der Waals surface area contributed by atoms with Gasteiger partial charge in [0, 0.05) is 23.7 Å². The van der Waals surface area contributed by atoms with Crippen LogP contribution in [0.25, 0.3) is 0 Å². The van der Waals surface area contributed by atoms with E-state index >= 15 is 0 Å². The number of carbonyl (C=O) groups is 2. The second-order valence-electron chi connectivity index (χ2n) is 6.39. The van der Waals surface area contributed by atoms with Crippen LogP contribution >= 0.6 is 0 Å². The molecule has 1 saturated carbocycles. The quantitative estimate of drug-likeness (QED) is 0.747. The van der Waals surface area contributed by atoms with Crippen LogP contribution in [0.15, 0.2) is 48.5 Å². The van der Waals surface area contributed by atoms with Crippen LogP contribution < -0.4 is 10.6 Å². The molecule has 0 aromatic heterocycles. The minimum absolute atomic E-state index is 0.0504. The first-order valence-corrected chi connectivity index (χ1v) is 8.55. The van der Waals surface area contributed by atoms with Crippen LogP contribution in [-0.2, 0) is 20.7 Å². The summed E-state index contributed by atoms with van der Waals surface area (Å²) in [7, 11) is 1.33. The van der Waals surface area contributed by atoms with Gasteiger partial charge in [-0.3, -0.25) is 4.79 Å². The average molecular weight is 356 g/mol. The second-order valence-corrected chi connectivity index (χ2v) is 6.39. The predicted octanol–water partition coefficient (Wildman–Crippen LogP) is 3.37. The number of ether oxygens (including phenoxy) is 1. The van der Waals surface area contributed by atoms with E-state index in [1.54, 1.807) is 36.4 Å². The van der Waals surface area contributed by atoms with Crippen molar-refractivity contribution in [2.75, 3.05) is 17.7 Å². The first-order valence-electron chi connectivity index (χ1n) is 8.55. The van der Waals surface area contributed by atoms with E-state index in [1.165, 1.54) is 19.2 Å². The molecule has 2 aromatic carbocycles. The Labute approximate surface area is 151 Å². The Bertz CT molecular complexity index is 771. The highest BCUT2D eigenvalue weighted by molar-refractivity contribution is 5.94. The molecule has 1 aliphatic carbocycles. The summed E-state index contributed by atoms with van der Waals surface area (Å²) in [6.07, 6.45) is 2.28. The number of benzene rings is 2. The highest BCUT2D eigenvalue weighted by Crippen LogP contribution is 2.30. The van der Waals surface area contributed by atoms with Gasteiger partial charge in [-0.05, 0) is 54.8 Å². The van der Waals surface area contributed by atoms with Crippen LogP contribution in [0.3, 0.4) is 0 Å². The zero-order chi connectivity index (χ0) is 18.5. The molecule has 0 unspecified atom stereocenters. The molecule has 0 bridgehead atoms. The van der Waals surface area contributed by atoms with Crippen molar-refractivity contribution < 1.29 is 18.7 Å². The van der Waals surface area contributed by atoms with Gasteiger partial charge < -0.3 is 15.4 Å². The Morgan fingerprint density at radius 2 is 1.69 bits per heavy atom. The zero-order valence-corrected chi connectivity index (χ0v) is 14.5. The van der Waals surface area contributed by atoms with Crippen molar-refractivity contribution in [2.24, 2.45) is 5.92 Å². The summed E-state index contributed by atoms with van der Waals surface area (Å²) < 4.78 is 17.9. The number of hydrogen-bond donors (Lipinski definition) is 2. The van der Waals surface area contributed by atoms with Crippen molar-refractivity contribution in [3.8, 4) is 0 Å². The molecule has 3 rings (SSSR count). The summed E-state index contributed by atoms with van der Waals surface area (Å²) >= 11 is 0. The van der Waals surface area contributed by atoms with Gasteiger partial charge >= 0.3 is 5.97 Å². The van der Waals surface area contributed by atoms with Crippen molar-refractivity contribution >= 4 is 23.3 Å². The SMILES string of the molecule is COC(=O)[C@@H](Cc1ccc(F)cc1)Nc1ccc(NC(=O)C2CC2)cc1. The van der Waals surface area contributed by atoms with Gasteiger partial charge in [-0.15, -0.1) is 0 Å². The molecule has 136 valence electrons. The molecule has 0 saturated heterocycles. The molecule has 0 spiro atoms. The molecule has 0 heterocycles. The van der Waals surface area contributed by atoms with Crippen LogP contribution in [0.2, 0.25) is 0 Å². The number of methoxy groups -OCH3 is 1. The third-order valence-corrected chi connectivity index (χ3v) is 4.28. The summed E-state index contributed by atoms with van der Waals surface area (Å²) in [6.45, 7) is 0. The Kier molecular flexibility index (Phi) is 5.51. The molecule has 1 aliphatic rings. The number of esters is 1. The van der Waals surface area contributed by atoms with Gasteiger partial charge in [0.15, 0.2) is 0 Å². The van der Waals surface area contributed by atoms with E-state index in [2.05, 4.69) is 10.6 Å². The van der Waals surface area contributed by atoms with Crippen molar-refractivity contribution in [3.05, 3.63) is 59.9 Å². The monoisotopic (exact) mass is 356 g/mol. The standard InChI is InChI=1S/C20H21FN2O3/c1-26-20(25)18(12-13-2-6-15(21)7-3-13)22-16-8-10-17(11-9-16)23-19(24)14-4-5-14/h2-3,6-11,14,18,22H,4-5,12H2,1H3,(H,23,24)/t18-/m1/s1. The number of anilines is 2. The summed E-state index contributed by atoms with van der Waals surface area (Å²) in [6, 6.07) is 12.6. The predicted molar refractivity (Wildman–Crippen MR) is 97.3 cm³/mol. The minimum Gasteiger partial charge on any atom is -0.467 e. The lowest BCUT2D eigenvalue weighted by Crippen LogP contribution is -2.32. The van der Waals surface area contributed by atoms with E-state index < -0.39 is 12.0 Å². The number of hydrogen-bond acceptors (Lipinski definition) is 4. The lowest BCUT2D eigenvalue weighted by Gasteiger charge is -2.18. The van der Waals surface area contributed by atoms with Gasteiger partial charge in [-0.2, -0.15) is 0 Å². The van der Waals surface area contributed by atoms with E-state index in [4.69, 9.17) is 4.74 Å². The van der Waals surface area contributed by atoms with E-state index in [0.717, 1.165) is 29.8 Å². The number of carbonyl (C=O) groups excluding carboxylic acids is 2. The molecular formula is C20H21FN2O3. The Balaban J connectivity index is 1.64. The molecule has 6 heteroatoms. The maximum atomic E-state index is 13.0. The molecule has 26 heavy (non-hydrogen) atoms. The molecule has 0 aliphatic heterocycles. The van der Waals surface area contributed by atoms with Gasteiger partial charge in [0.2, 0.25) is 5.91 Å². The Morgan fingerprint density at radius 3 is 2.27 bits per heavy atom. The van der Waals surface area contributed by atoms with Gasteiger partial charge in [-0.1, -0.05) is 12.1 Å². The van der Waals surface area contributed by atoms with Crippen LogP contribution in [0.5, 0.6) is 0 Å². The Hall–Kier alpha value is -2.89. The summed E-state index contributed by atoms with van der Waals surface area (Å²) in [4.78, 5) is 23.8. The highest BCUT2D eigenvalue weighted by atomic mass is 19.1. The number of amides is 1. The summed E-state index contributed by atoms with van der Waals surface area (Å²) in [5.41, 5.74) is 2.27. The minimum atomic E-state index is -0.600. The fourth-order valence-electron chi connectivity index (χ4n) is 2.63. The average Bonchev–Trinajstić information content (AvgIpc) is 3.49. The van der Waals surface area contributed by atoms with Crippen molar-refractivity contribution in [1.29, 1.82) is 0 Å². The van der Waals surface area contributed by atoms with Gasteiger partial charge in [0.05, 0.1) is 7.11 Å². The molecular weight excluding hydrogens is 335 g/mol. The third kappa shape index (κ3) is 4.81. The van der Waals surface area contributed by atoms with E-state index in [0.29, 0.717) is 6.42 Å². The van der Waals surface area contributed by atoms with Crippen LogP contribution in [0.1, 0.15) is 18.4 Å². The fraction of sp³-hybridized carbons (Fsp3) is 0.300. The van der Waals surface area contributed by atoms with E-state index in [-0.39, 0.29) is 17.6 Å². The molecule has 1 amide bonds. The Morgan fingerprint density at radius 1 is 1.08 bits per heavy atom.